The van der Waals surface area contributed by atoms with Gasteiger partial charge in [-0.05, 0) is 30.5 Å². The Morgan fingerprint density at radius 3 is 3.08 bits per heavy atom. The molecule has 0 aromatic heterocycles. The maximum atomic E-state index is 12.2. The lowest BCUT2D eigenvalue weighted by molar-refractivity contribution is -0.120. The molecule has 0 aliphatic carbocycles. The monoisotopic (exact) mass is 390 g/mol. The number of benzene rings is 1. The third-order valence-corrected chi connectivity index (χ3v) is 4.47. The second kappa shape index (κ2) is 8.83. The van der Waals surface area contributed by atoms with Crippen molar-refractivity contribution in [2.45, 2.75) is 39.2 Å². The van der Waals surface area contributed by atoms with Gasteiger partial charge in [0.2, 0.25) is 5.91 Å². The van der Waals surface area contributed by atoms with E-state index < -0.39 is 0 Å². The van der Waals surface area contributed by atoms with Crippen molar-refractivity contribution in [1.29, 1.82) is 0 Å². The van der Waals surface area contributed by atoms with E-state index in [1.165, 1.54) is 0 Å². The topological polar surface area (TPSA) is 50.7 Å². The van der Waals surface area contributed by atoms with E-state index in [-0.39, 0.29) is 11.9 Å². The van der Waals surface area contributed by atoms with Crippen LogP contribution < -0.4 is 10.1 Å². The van der Waals surface area contributed by atoms with Gasteiger partial charge in [0.15, 0.2) is 0 Å². The molecule has 0 saturated heterocycles. The summed E-state index contributed by atoms with van der Waals surface area (Å²) in [6, 6.07) is 5.74. The average molecular weight is 391 g/mol. The maximum Gasteiger partial charge on any atom is 0.224 e. The van der Waals surface area contributed by atoms with Crippen molar-refractivity contribution in [3.8, 4) is 5.75 Å². The molecule has 0 radical (unpaired) electrons. The van der Waals surface area contributed by atoms with Gasteiger partial charge in [0.05, 0.1) is 19.1 Å². The average Bonchev–Trinajstić information content (AvgIpc) is 2.54. The first-order valence-corrected chi connectivity index (χ1v) is 8.90. The summed E-state index contributed by atoms with van der Waals surface area (Å²) >= 11 is 3.40. The van der Waals surface area contributed by atoms with E-state index in [9.17, 15) is 4.79 Å². The highest BCUT2D eigenvalue weighted by Gasteiger charge is 2.15. The van der Waals surface area contributed by atoms with Gasteiger partial charge in [0, 0.05) is 28.9 Å². The lowest BCUT2D eigenvalue weighted by Crippen LogP contribution is -2.34. The number of nitrogens with zero attached hydrogens (tertiary/aromatic N) is 1. The molecule has 0 unspecified atom stereocenters. The van der Waals surface area contributed by atoms with Crippen molar-refractivity contribution < 1.29 is 9.53 Å². The Balaban J connectivity index is 1.92. The molecule has 4 nitrogen and oxygen atoms in total. The second-order valence-electron chi connectivity index (χ2n) is 5.79. The Labute approximate surface area is 151 Å². The Morgan fingerprint density at radius 1 is 1.54 bits per heavy atom. The van der Waals surface area contributed by atoms with E-state index >= 15 is 0 Å². The molecule has 24 heavy (non-hydrogen) atoms. The zero-order valence-corrected chi connectivity index (χ0v) is 15.7. The number of aliphatic imine (C=N–C) groups is 1. The summed E-state index contributed by atoms with van der Waals surface area (Å²) < 4.78 is 6.68. The quantitative estimate of drug-likeness (QED) is 0.738. The molecule has 1 aliphatic heterocycles. The fourth-order valence-electron chi connectivity index (χ4n) is 2.38. The maximum absolute atomic E-state index is 12.2. The summed E-state index contributed by atoms with van der Waals surface area (Å²) in [5, 5.41) is 2.92. The molecule has 0 spiro atoms. The van der Waals surface area contributed by atoms with Crippen molar-refractivity contribution in [3.63, 3.8) is 0 Å². The Hall–Kier alpha value is -1.88. The van der Waals surface area contributed by atoms with Gasteiger partial charge in [-0.2, -0.15) is 0 Å². The van der Waals surface area contributed by atoms with Crippen molar-refractivity contribution in [2.24, 2.45) is 4.99 Å². The zero-order chi connectivity index (χ0) is 17.5. The van der Waals surface area contributed by atoms with Crippen molar-refractivity contribution in [2.75, 3.05) is 6.61 Å². The van der Waals surface area contributed by atoms with Gasteiger partial charge < -0.3 is 10.1 Å². The highest BCUT2D eigenvalue weighted by molar-refractivity contribution is 9.11. The summed E-state index contributed by atoms with van der Waals surface area (Å²) in [4.78, 5) is 16.3. The smallest absolute Gasteiger partial charge is 0.224 e. The van der Waals surface area contributed by atoms with Crippen molar-refractivity contribution in [1.82, 2.24) is 5.32 Å². The number of rotatable bonds is 6. The number of fused-ring (bicyclic) bond motifs is 1. The van der Waals surface area contributed by atoms with Crippen LogP contribution in [-0.2, 0) is 11.2 Å². The highest BCUT2D eigenvalue weighted by atomic mass is 79.9. The summed E-state index contributed by atoms with van der Waals surface area (Å²) in [7, 11) is 0. The van der Waals surface area contributed by atoms with Gasteiger partial charge in [-0.1, -0.05) is 41.6 Å². The van der Waals surface area contributed by atoms with E-state index in [0.29, 0.717) is 13.0 Å². The van der Waals surface area contributed by atoms with Crippen molar-refractivity contribution in [3.05, 3.63) is 46.6 Å². The molecule has 0 fully saturated rings. The van der Waals surface area contributed by atoms with E-state index in [2.05, 4.69) is 32.8 Å². The van der Waals surface area contributed by atoms with Crippen LogP contribution in [0.2, 0.25) is 0 Å². The van der Waals surface area contributed by atoms with Crippen LogP contribution in [-0.4, -0.2) is 24.8 Å². The molecule has 0 bridgehead atoms. The van der Waals surface area contributed by atoms with Gasteiger partial charge in [-0.3, -0.25) is 9.79 Å². The number of carbonyl (C=O) groups is 1. The fourth-order valence-corrected chi connectivity index (χ4v) is 2.50. The Bertz CT molecular complexity index is 680. The van der Waals surface area contributed by atoms with Crippen LogP contribution in [0.5, 0.6) is 5.75 Å². The van der Waals surface area contributed by atoms with Gasteiger partial charge in [0.25, 0.3) is 0 Å². The van der Waals surface area contributed by atoms with Gasteiger partial charge in [0.1, 0.15) is 5.75 Å². The van der Waals surface area contributed by atoms with Crippen LogP contribution in [0.4, 0.5) is 0 Å². The third-order valence-electron chi connectivity index (χ3n) is 3.70. The number of nitrogens with one attached hydrogen (secondary N) is 1. The third kappa shape index (κ3) is 5.34. The zero-order valence-electron chi connectivity index (χ0n) is 14.1. The van der Waals surface area contributed by atoms with E-state index in [4.69, 9.17) is 4.74 Å². The Kier molecular flexibility index (Phi) is 6.79. The predicted molar refractivity (Wildman–Crippen MR) is 103 cm³/mol. The number of hydrogen-bond donors (Lipinski definition) is 1. The molecule has 1 atom stereocenters. The lowest BCUT2D eigenvalue weighted by Gasteiger charge is -2.20. The molecule has 128 valence electrons. The van der Waals surface area contributed by atoms with Gasteiger partial charge in [-0.15, -0.1) is 0 Å². The molecule has 2 rings (SSSR count). The first-order chi connectivity index (χ1) is 11.5. The van der Waals surface area contributed by atoms with Gasteiger partial charge >= 0.3 is 0 Å². The number of hydrogen-bond acceptors (Lipinski definition) is 3. The van der Waals surface area contributed by atoms with Crippen LogP contribution in [0.3, 0.4) is 0 Å². The number of halogens is 1. The minimum absolute atomic E-state index is 0.0397. The van der Waals surface area contributed by atoms with E-state index in [1.807, 2.05) is 32.0 Å². The molecule has 1 heterocycles. The molecule has 1 aromatic rings. The Morgan fingerprint density at radius 2 is 2.33 bits per heavy atom. The molecular formula is C19H23BrN2O2. The van der Waals surface area contributed by atoms with Crippen LogP contribution in [0.1, 0.15) is 37.8 Å². The summed E-state index contributed by atoms with van der Waals surface area (Å²) in [6.45, 7) is 8.64. The minimum Gasteiger partial charge on any atom is -0.493 e. The summed E-state index contributed by atoms with van der Waals surface area (Å²) in [5.74, 6) is 0.780. The largest absolute Gasteiger partial charge is 0.493 e. The van der Waals surface area contributed by atoms with Crippen LogP contribution in [0.25, 0.3) is 5.57 Å². The summed E-state index contributed by atoms with van der Waals surface area (Å²) in [6.07, 6.45) is 5.53. The number of ether oxygens (including phenoxy) is 1. The molecule has 1 aromatic carbocycles. The van der Waals surface area contributed by atoms with Crippen LogP contribution >= 0.6 is 15.9 Å². The normalized spacial score (nSPS) is 15.8. The summed E-state index contributed by atoms with van der Waals surface area (Å²) in [5.41, 5.74) is 3.06. The minimum atomic E-state index is -0.125. The predicted octanol–water partition coefficient (Wildman–Crippen LogP) is 4.25. The second-order valence-corrected chi connectivity index (χ2v) is 6.81. The molecular weight excluding hydrogens is 368 g/mol. The molecule has 1 amide bonds. The van der Waals surface area contributed by atoms with E-state index in [0.717, 1.165) is 39.8 Å². The fraction of sp³-hybridized carbons (Fsp3) is 0.368. The number of amides is 1. The lowest BCUT2D eigenvalue weighted by atomic mass is 9.99. The highest BCUT2D eigenvalue weighted by Crippen LogP contribution is 2.32. The number of carbonyl (C=O) groups excluding carboxylic acids is 1. The first-order valence-electron chi connectivity index (χ1n) is 8.10. The van der Waals surface area contributed by atoms with Crippen molar-refractivity contribution >= 4 is 33.6 Å². The van der Waals surface area contributed by atoms with E-state index in [1.54, 1.807) is 12.4 Å². The SMILES string of the molecule is C=C1CCOc2cc(CC(=O)N[C@H](C)/C=N/C=C(/Br)CC)ccc21. The first kappa shape index (κ1) is 18.5. The molecule has 5 heteroatoms. The van der Waals surface area contributed by atoms with Crippen LogP contribution in [0.15, 0.2) is 40.5 Å². The standard InChI is InChI=1S/C19H23BrN2O2/c1-4-16(20)12-21-11-14(3)22-19(23)10-15-5-6-17-13(2)7-8-24-18(17)9-15/h5-6,9,11-12,14H,2,4,7-8,10H2,1,3H3,(H,22,23)/b16-12+,21-11+/t14-/m1/s1. The molecule has 1 aliphatic rings. The molecule has 0 saturated carbocycles. The number of allylic oxidation sites excluding steroid dienone is 1. The van der Waals surface area contributed by atoms with Crippen LogP contribution in [0, 0.1) is 0 Å². The van der Waals surface area contributed by atoms with Gasteiger partial charge in [-0.25, -0.2) is 0 Å². The molecule has 1 N–H and O–H groups in total.